The summed E-state index contributed by atoms with van der Waals surface area (Å²) < 4.78 is 0. The predicted molar refractivity (Wildman–Crippen MR) is 103 cm³/mol. The van der Waals surface area contributed by atoms with Gasteiger partial charge >= 0.3 is 0 Å². The van der Waals surface area contributed by atoms with E-state index in [2.05, 4.69) is 36.1 Å². The monoisotopic (exact) mass is 371 g/mol. The first-order valence-electron chi connectivity index (χ1n) is 9.28. The first-order chi connectivity index (χ1) is 12.2. The second kappa shape index (κ2) is 6.05. The maximum absolute atomic E-state index is 12.8. The van der Waals surface area contributed by atoms with E-state index in [1.165, 1.54) is 4.88 Å². The van der Waals surface area contributed by atoms with E-state index < -0.39 is 0 Å². The number of Topliss-reactive ketones (excluding diaryl/α,β-unsaturated/α-hetero) is 1. The normalized spacial score (nSPS) is 21.2. The standard InChI is InChI=1S/C20H25N3O2S/c1-10-5-6-12-15(7-10)26-19(22-12)23-18(25)17-11(2)16-13(21-17)8-20(3,4)9-14(16)24/h10,21H,5-9H2,1-4H3,(H,22,23,25). The first-order valence-corrected chi connectivity index (χ1v) is 10.1. The lowest BCUT2D eigenvalue weighted by atomic mass is 9.75. The molecule has 26 heavy (non-hydrogen) atoms. The minimum Gasteiger partial charge on any atom is -0.354 e. The molecule has 2 N–H and O–H groups in total. The average Bonchev–Trinajstić information content (AvgIpc) is 3.06. The van der Waals surface area contributed by atoms with Crippen molar-refractivity contribution in [2.75, 3.05) is 5.32 Å². The lowest BCUT2D eigenvalue weighted by molar-refractivity contribution is 0.0910. The molecule has 1 atom stereocenters. The summed E-state index contributed by atoms with van der Waals surface area (Å²) in [5, 5.41) is 3.60. The first kappa shape index (κ1) is 17.5. The van der Waals surface area contributed by atoms with E-state index in [0.717, 1.165) is 42.6 Å². The number of amides is 1. The molecule has 0 aliphatic heterocycles. The van der Waals surface area contributed by atoms with Crippen LogP contribution in [0.1, 0.15) is 76.3 Å². The Morgan fingerprint density at radius 2 is 2.12 bits per heavy atom. The molecule has 4 rings (SSSR count). The fourth-order valence-corrected chi connectivity index (χ4v) is 5.38. The number of aromatic amines is 1. The van der Waals surface area contributed by atoms with Crippen LogP contribution in [0.25, 0.3) is 0 Å². The van der Waals surface area contributed by atoms with E-state index in [-0.39, 0.29) is 17.1 Å². The van der Waals surface area contributed by atoms with Crippen molar-refractivity contribution in [1.29, 1.82) is 0 Å². The van der Waals surface area contributed by atoms with E-state index in [1.54, 1.807) is 11.3 Å². The number of nitrogens with one attached hydrogen (secondary N) is 2. The number of carbonyl (C=O) groups excluding carboxylic acids is 2. The smallest absolute Gasteiger partial charge is 0.274 e. The Kier molecular flexibility index (Phi) is 4.06. The molecule has 0 saturated heterocycles. The molecule has 0 saturated carbocycles. The molecule has 0 radical (unpaired) electrons. The third-order valence-corrected chi connectivity index (χ3v) is 6.57. The summed E-state index contributed by atoms with van der Waals surface area (Å²) in [4.78, 5) is 34.4. The third kappa shape index (κ3) is 3.00. The Balaban J connectivity index is 1.59. The van der Waals surface area contributed by atoms with E-state index in [0.29, 0.717) is 28.7 Å². The number of ketones is 1. The zero-order valence-electron chi connectivity index (χ0n) is 15.8. The van der Waals surface area contributed by atoms with Gasteiger partial charge in [0.1, 0.15) is 5.69 Å². The van der Waals surface area contributed by atoms with Crippen LogP contribution in [0.15, 0.2) is 0 Å². The van der Waals surface area contributed by atoms with Gasteiger partial charge in [-0.2, -0.15) is 0 Å². The maximum atomic E-state index is 12.8. The van der Waals surface area contributed by atoms with Gasteiger partial charge in [-0.15, -0.1) is 11.3 Å². The zero-order chi connectivity index (χ0) is 18.6. The minimum absolute atomic E-state index is 0.0693. The molecule has 2 aliphatic carbocycles. The van der Waals surface area contributed by atoms with Crippen LogP contribution in [0.4, 0.5) is 5.13 Å². The molecule has 0 fully saturated rings. The molecule has 6 heteroatoms. The van der Waals surface area contributed by atoms with Crippen molar-refractivity contribution < 1.29 is 9.59 Å². The van der Waals surface area contributed by atoms with Crippen molar-refractivity contribution >= 4 is 28.2 Å². The number of anilines is 1. The highest BCUT2D eigenvalue weighted by molar-refractivity contribution is 7.15. The zero-order valence-corrected chi connectivity index (χ0v) is 16.6. The van der Waals surface area contributed by atoms with Crippen LogP contribution in [0.2, 0.25) is 0 Å². The largest absolute Gasteiger partial charge is 0.354 e. The van der Waals surface area contributed by atoms with Gasteiger partial charge in [-0.05, 0) is 49.5 Å². The Morgan fingerprint density at radius 1 is 1.35 bits per heavy atom. The molecule has 2 heterocycles. The summed E-state index contributed by atoms with van der Waals surface area (Å²) in [6, 6.07) is 0. The Bertz CT molecular complexity index is 907. The van der Waals surface area contributed by atoms with E-state index >= 15 is 0 Å². The van der Waals surface area contributed by atoms with Crippen LogP contribution in [0, 0.1) is 18.3 Å². The summed E-state index contributed by atoms with van der Waals surface area (Å²) in [7, 11) is 0. The number of carbonyl (C=O) groups is 2. The van der Waals surface area contributed by atoms with E-state index in [1.807, 2.05) is 6.92 Å². The number of hydrogen-bond donors (Lipinski definition) is 2. The van der Waals surface area contributed by atoms with Gasteiger partial charge in [0.05, 0.1) is 5.69 Å². The van der Waals surface area contributed by atoms with Crippen LogP contribution in [0.3, 0.4) is 0 Å². The van der Waals surface area contributed by atoms with Gasteiger partial charge in [-0.1, -0.05) is 20.8 Å². The Hall–Kier alpha value is -1.95. The SMILES string of the molecule is Cc1c(C(=O)Nc2nc3c(s2)CC(C)CC3)[nH]c2c1C(=O)CC(C)(C)C2. The second-order valence-electron chi connectivity index (χ2n) is 8.61. The molecule has 0 spiro atoms. The summed E-state index contributed by atoms with van der Waals surface area (Å²) in [5.41, 5.74) is 3.90. The summed E-state index contributed by atoms with van der Waals surface area (Å²) in [6.45, 7) is 8.29. The minimum atomic E-state index is -0.207. The quantitative estimate of drug-likeness (QED) is 0.826. The van der Waals surface area contributed by atoms with Crippen molar-refractivity contribution in [3.8, 4) is 0 Å². The number of nitrogens with zero attached hydrogens (tertiary/aromatic N) is 1. The number of H-pyrrole nitrogens is 1. The molecule has 2 aromatic rings. The number of fused-ring (bicyclic) bond motifs is 2. The molecule has 2 aliphatic rings. The predicted octanol–water partition coefficient (Wildman–Crippen LogP) is 4.31. The van der Waals surface area contributed by atoms with Crippen LogP contribution >= 0.6 is 11.3 Å². The second-order valence-corrected chi connectivity index (χ2v) is 9.69. The fraction of sp³-hybridized carbons (Fsp3) is 0.550. The lowest BCUT2D eigenvalue weighted by Crippen LogP contribution is -2.26. The molecule has 5 nitrogen and oxygen atoms in total. The average molecular weight is 372 g/mol. The van der Waals surface area contributed by atoms with Crippen molar-refractivity contribution in [2.45, 2.75) is 59.8 Å². The van der Waals surface area contributed by atoms with Gasteiger partial charge in [0.15, 0.2) is 10.9 Å². The molecule has 0 aromatic carbocycles. The topological polar surface area (TPSA) is 74.8 Å². The van der Waals surface area contributed by atoms with Gasteiger partial charge in [0, 0.05) is 22.6 Å². The number of thiazole rings is 1. The molecule has 1 amide bonds. The summed E-state index contributed by atoms with van der Waals surface area (Å²) >= 11 is 1.58. The van der Waals surface area contributed by atoms with Crippen LogP contribution in [0.5, 0.6) is 0 Å². The van der Waals surface area contributed by atoms with Crippen molar-refractivity contribution in [1.82, 2.24) is 9.97 Å². The summed E-state index contributed by atoms with van der Waals surface area (Å²) in [5.74, 6) is 0.600. The highest BCUT2D eigenvalue weighted by Crippen LogP contribution is 2.37. The van der Waals surface area contributed by atoms with Gasteiger partial charge < -0.3 is 4.98 Å². The lowest BCUT2D eigenvalue weighted by Gasteiger charge is -2.28. The summed E-state index contributed by atoms with van der Waals surface area (Å²) in [6.07, 6.45) is 4.50. The van der Waals surface area contributed by atoms with Gasteiger partial charge in [-0.25, -0.2) is 4.98 Å². The number of hydrogen-bond acceptors (Lipinski definition) is 4. The third-order valence-electron chi connectivity index (χ3n) is 5.53. The van der Waals surface area contributed by atoms with Crippen molar-refractivity contribution in [3.63, 3.8) is 0 Å². The van der Waals surface area contributed by atoms with Crippen molar-refractivity contribution in [2.24, 2.45) is 11.3 Å². The molecular formula is C20H25N3O2S. The van der Waals surface area contributed by atoms with Crippen LogP contribution < -0.4 is 5.32 Å². The number of aryl methyl sites for hydroxylation is 1. The molecule has 138 valence electrons. The Morgan fingerprint density at radius 3 is 2.88 bits per heavy atom. The Labute approximate surface area is 157 Å². The van der Waals surface area contributed by atoms with E-state index in [9.17, 15) is 9.59 Å². The van der Waals surface area contributed by atoms with Crippen LogP contribution in [-0.2, 0) is 19.3 Å². The molecule has 1 unspecified atom stereocenters. The molecular weight excluding hydrogens is 346 g/mol. The highest BCUT2D eigenvalue weighted by Gasteiger charge is 2.35. The van der Waals surface area contributed by atoms with Crippen LogP contribution in [-0.4, -0.2) is 21.7 Å². The maximum Gasteiger partial charge on any atom is 0.274 e. The molecule has 0 bridgehead atoms. The molecule has 2 aromatic heterocycles. The van der Waals surface area contributed by atoms with Gasteiger partial charge in [-0.3, -0.25) is 14.9 Å². The number of aromatic nitrogens is 2. The van der Waals surface area contributed by atoms with Gasteiger partial charge in [0.25, 0.3) is 5.91 Å². The van der Waals surface area contributed by atoms with Gasteiger partial charge in [0.2, 0.25) is 0 Å². The highest BCUT2D eigenvalue weighted by atomic mass is 32.1. The van der Waals surface area contributed by atoms with Crippen molar-refractivity contribution in [3.05, 3.63) is 33.1 Å². The fourth-order valence-electron chi connectivity index (χ4n) is 4.21. The number of rotatable bonds is 2. The van der Waals surface area contributed by atoms with E-state index in [4.69, 9.17) is 0 Å².